The number of halogens is 2. The van der Waals surface area contributed by atoms with E-state index in [-0.39, 0.29) is 17.5 Å². The number of ether oxygens (including phenoxy) is 1. The van der Waals surface area contributed by atoms with Gasteiger partial charge in [-0.15, -0.1) is 0 Å². The quantitative estimate of drug-likeness (QED) is 0.798. The highest BCUT2D eigenvalue weighted by Crippen LogP contribution is 2.29. The summed E-state index contributed by atoms with van der Waals surface area (Å²) < 4.78 is 28.8. The lowest BCUT2D eigenvalue weighted by Crippen LogP contribution is -2.15. The molecule has 2 aromatic rings. The summed E-state index contributed by atoms with van der Waals surface area (Å²) in [5.41, 5.74) is 2.80. The minimum atomic E-state index is -2.88. The van der Waals surface area contributed by atoms with Crippen molar-refractivity contribution in [2.75, 3.05) is 0 Å². The zero-order valence-electron chi connectivity index (χ0n) is 11.3. The third-order valence-electron chi connectivity index (χ3n) is 3.77. The van der Waals surface area contributed by atoms with Gasteiger partial charge in [0.2, 0.25) is 0 Å². The van der Waals surface area contributed by atoms with E-state index in [2.05, 4.69) is 4.74 Å². The first-order chi connectivity index (χ1) is 10.1. The summed E-state index contributed by atoms with van der Waals surface area (Å²) in [5.74, 6) is -0.124. The van der Waals surface area contributed by atoms with Crippen molar-refractivity contribution in [1.29, 1.82) is 0 Å². The normalized spacial score (nSPS) is 14.2. The molecule has 0 saturated heterocycles. The summed E-state index contributed by atoms with van der Waals surface area (Å²) in [6.45, 7) is -2.88. The number of hydrogen-bond donors (Lipinski definition) is 0. The third-order valence-corrected chi connectivity index (χ3v) is 3.77. The van der Waals surface area contributed by atoms with Crippen molar-refractivity contribution in [3.8, 4) is 5.75 Å². The van der Waals surface area contributed by atoms with Gasteiger partial charge in [-0.25, -0.2) is 0 Å². The molecule has 2 nitrogen and oxygen atoms in total. The van der Waals surface area contributed by atoms with Crippen LogP contribution in [0.4, 0.5) is 8.78 Å². The van der Waals surface area contributed by atoms with Crippen LogP contribution >= 0.6 is 0 Å². The van der Waals surface area contributed by atoms with Gasteiger partial charge >= 0.3 is 6.61 Å². The van der Waals surface area contributed by atoms with Gasteiger partial charge in [0.05, 0.1) is 0 Å². The van der Waals surface area contributed by atoms with Gasteiger partial charge in [0.15, 0.2) is 5.78 Å². The third kappa shape index (κ3) is 2.94. The number of carbonyl (C=O) groups is 1. The van der Waals surface area contributed by atoms with E-state index in [0.717, 1.165) is 0 Å². The number of fused-ring (bicyclic) bond motifs is 1. The number of alkyl halides is 2. The molecule has 0 heterocycles. The van der Waals surface area contributed by atoms with Crippen molar-refractivity contribution >= 4 is 5.78 Å². The maximum atomic E-state index is 12.5. The molecule has 0 N–H and O–H groups in total. The molecule has 0 spiro atoms. The van der Waals surface area contributed by atoms with Gasteiger partial charge in [-0.1, -0.05) is 36.4 Å². The van der Waals surface area contributed by atoms with Gasteiger partial charge in [-0.2, -0.15) is 8.78 Å². The van der Waals surface area contributed by atoms with Crippen LogP contribution in [0.3, 0.4) is 0 Å². The summed E-state index contributed by atoms with van der Waals surface area (Å²) in [4.78, 5) is 12.5. The number of Topliss-reactive ketones (excluding diaryl/α,β-unsaturated/α-hetero) is 1. The van der Waals surface area contributed by atoms with E-state index in [1.807, 2.05) is 24.3 Å². The molecule has 108 valence electrons. The highest BCUT2D eigenvalue weighted by molar-refractivity contribution is 5.98. The predicted molar refractivity (Wildman–Crippen MR) is 74.7 cm³/mol. The lowest BCUT2D eigenvalue weighted by Gasteiger charge is -2.10. The second kappa shape index (κ2) is 5.64. The zero-order valence-corrected chi connectivity index (χ0v) is 11.3. The lowest BCUT2D eigenvalue weighted by atomic mass is 9.95. The Bertz CT molecular complexity index is 642. The van der Waals surface area contributed by atoms with E-state index in [1.165, 1.54) is 23.3 Å². The standard InChI is InChI=1S/C17H14F2O2/c18-17(19)21-15-7-3-6-13(10-15)16(20)14-8-11-4-1-2-5-12(11)9-14/h1-7,10,14,17H,8-9H2. The molecule has 0 bridgehead atoms. The van der Waals surface area contributed by atoms with Gasteiger partial charge in [-0.05, 0) is 36.1 Å². The highest BCUT2D eigenvalue weighted by Gasteiger charge is 2.28. The summed E-state index contributed by atoms with van der Waals surface area (Å²) >= 11 is 0. The molecule has 3 rings (SSSR count). The van der Waals surface area contributed by atoms with Crippen LogP contribution in [0.25, 0.3) is 0 Å². The summed E-state index contributed by atoms with van der Waals surface area (Å²) in [6.07, 6.45) is 1.41. The summed E-state index contributed by atoms with van der Waals surface area (Å²) in [5, 5.41) is 0. The number of hydrogen-bond acceptors (Lipinski definition) is 2. The molecule has 0 aromatic heterocycles. The molecule has 1 aliphatic carbocycles. The maximum absolute atomic E-state index is 12.5. The smallest absolute Gasteiger partial charge is 0.387 e. The Morgan fingerprint density at radius 1 is 1.05 bits per heavy atom. The minimum Gasteiger partial charge on any atom is -0.435 e. The van der Waals surface area contributed by atoms with Gasteiger partial charge in [0.1, 0.15) is 5.75 Å². The topological polar surface area (TPSA) is 26.3 Å². The van der Waals surface area contributed by atoms with Crippen molar-refractivity contribution in [3.05, 3.63) is 65.2 Å². The number of benzene rings is 2. The Labute approximate surface area is 121 Å². The molecule has 0 atom stereocenters. The van der Waals surface area contributed by atoms with Gasteiger partial charge in [0, 0.05) is 11.5 Å². The van der Waals surface area contributed by atoms with E-state index in [9.17, 15) is 13.6 Å². The van der Waals surface area contributed by atoms with E-state index >= 15 is 0 Å². The van der Waals surface area contributed by atoms with Crippen LogP contribution in [0.5, 0.6) is 5.75 Å². The molecule has 2 aromatic carbocycles. The highest BCUT2D eigenvalue weighted by atomic mass is 19.3. The van der Waals surface area contributed by atoms with Gasteiger partial charge in [-0.3, -0.25) is 4.79 Å². The van der Waals surface area contributed by atoms with E-state index in [1.54, 1.807) is 12.1 Å². The van der Waals surface area contributed by atoms with Crippen LogP contribution in [0, 0.1) is 5.92 Å². The first-order valence-electron chi connectivity index (χ1n) is 6.79. The zero-order chi connectivity index (χ0) is 14.8. The largest absolute Gasteiger partial charge is 0.435 e. The average Bonchev–Trinajstić information content (AvgIpc) is 2.90. The van der Waals surface area contributed by atoms with Crippen LogP contribution < -0.4 is 4.74 Å². The summed E-state index contributed by atoms with van der Waals surface area (Å²) in [6, 6.07) is 14.0. The monoisotopic (exact) mass is 288 g/mol. The lowest BCUT2D eigenvalue weighted by molar-refractivity contribution is -0.0498. The van der Waals surface area contributed by atoms with Crippen molar-refractivity contribution in [2.24, 2.45) is 5.92 Å². The fourth-order valence-electron chi connectivity index (χ4n) is 2.81. The van der Waals surface area contributed by atoms with Crippen molar-refractivity contribution in [3.63, 3.8) is 0 Å². The molecule has 0 amide bonds. The van der Waals surface area contributed by atoms with E-state index in [4.69, 9.17) is 0 Å². The Kier molecular flexibility index (Phi) is 3.69. The van der Waals surface area contributed by atoms with E-state index < -0.39 is 6.61 Å². The molecule has 4 heteroatoms. The number of ketones is 1. The van der Waals surface area contributed by atoms with Crippen molar-refractivity contribution < 1.29 is 18.3 Å². The summed E-state index contributed by atoms with van der Waals surface area (Å²) in [7, 11) is 0. The Balaban J connectivity index is 1.78. The molecular weight excluding hydrogens is 274 g/mol. The predicted octanol–water partition coefficient (Wildman–Crippen LogP) is 3.89. The first-order valence-corrected chi connectivity index (χ1v) is 6.79. The number of rotatable bonds is 4. The maximum Gasteiger partial charge on any atom is 0.387 e. The minimum absolute atomic E-state index is 0.0198. The number of carbonyl (C=O) groups excluding carboxylic acids is 1. The van der Waals surface area contributed by atoms with Crippen molar-refractivity contribution in [2.45, 2.75) is 19.5 Å². The van der Waals surface area contributed by atoms with Crippen LogP contribution in [0.2, 0.25) is 0 Å². The van der Waals surface area contributed by atoms with Crippen molar-refractivity contribution in [1.82, 2.24) is 0 Å². The van der Waals surface area contributed by atoms with Crippen LogP contribution in [-0.2, 0) is 12.8 Å². The molecular formula is C17H14F2O2. The second-order valence-electron chi connectivity index (χ2n) is 5.14. The Morgan fingerprint density at radius 3 is 2.33 bits per heavy atom. The van der Waals surface area contributed by atoms with Gasteiger partial charge in [0.25, 0.3) is 0 Å². The SMILES string of the molecule is O=C(c1cccc(OC(F)F)c1)C1Cc2ccccc2C1. The Hall–Kier alpha value is -2.23. The molecule has 0 fully saturated rings. The van der Waals surface area contributed by atoms with Gasteiger partial charge < -0.3 is 4.74 Å². The van der Waals surface area contributed by atoms with Crippen LogP contribution in [0.1, 0.15) is 21.5 Å². The molecule has 0 aliphatic heterocycles. The van der Waals surface area contributed by atoms with Crippen LogP contribution in [0.15, 0.2) is 48.5 Å². The van der Waals surface area contributed by atoms with E-state index in [0.29, 0.717) is 18.4 Å². The average molecular weight is 288 g/mol. The molecule has 0 saturated carbocycles. The molecule has 21 heavy (non-hydrogen) atoms. The fraction of sp³-hybridized carbons (Fsp3) is 0.235. The first kappa shape index (κ1) is 13.7. The molecule has 1 aliphatic rings. The van der Waals surface area contributed by atoms with Crippen LogP contribution in [-0.4, -0.2) is 12.4 Å². The second-order valence-corrected chi connectivity index (χ2v) is 5.14. The molecule has 0 unspecified atom stereocenters. The fourth-order valence-corrected chi connectivity index (χ4v) is 2.81. The Morgan fingerprint density at radius 2 is 1.71 bits per heavy atom. The molecule has 0 radical (unpaired) electrons.